The second-order valence-electron chi connectivity index (χ2n) is 7.10. The number of benzene rings is 2. The van der Waals surface area contributed by atoms with Gasteiger partial charge in [0.2, 0.25) is 0 Å². The predicted molar refractivity (Wildman–Crippen MR) is 120 cm³/mol. The number of hydrogen-bond acceptors (Lipinski definition) is 3. The average Bonchev–Trinajstić information content (AvgIpc) is 2.73. The minimum Gasteiger partial charge on any atom is -0.493 e. The number of halogens is 3. The van der Waals surface area contributed by atoms with Crippen LogP contribution >= 0.6 is 12.2 Å². The number of thiocarbonyl (C=S) groups is 1. The van der Waals surface area contributed by atoms with Crippen molar-refractivity contribution in [1.29, 1.82) is 0 Å². The summed E-state index contributed by atoms with van der Waals surface area (Å²) in [6, 6.07) is 12.0. The van der Waals surface area contributed by atoms with Crippen molar-refractivity contribution < 1.29 is 22.7 Å². The van der Waals surface area contributed by atoms with Gasteiger partial charge in [-0.15, -0.1) is 0 Å². The van der Waals surface area contributed by atoms with Crippen molar-refractivity contribution in [3.8, 4) is 5.75 Å². The normalized spacial score (nSPS) is 11.1. The van der Waals surface area contributed by atoms with Crippen LogP contribution in [0.2, 0.25) is 0 Å². The maximum absolute atomic E-state index is 13.5. The standard InChI is InChI=1S/C23H27F3N2O2S/c1-2-3-4-5-6-10-15-30-20-14-13-18(16-19(20)23(24,25)26)27-22(31)28-21(29)17-11-8-7-9-12-17/h7-9,11-14,16H,2-6,10,15H2,1H3,(H2,27,28,29,31). The molecule has 0 aliphatic carbocycles. The zero-order valence-electron chi connectivity index (χ0n) is 17.4. The Kier molecular flexibility index (Phi) is 9.78. The molecule has 0 atom stereocenters. The van der Waals surface area contributed by atoms with Gasteiger partial charge >= 0.3 is 6.18 Å². The number of hydrogen-bond donors (Lipinski definition) is 2. The molecule has 0 heterocycles. The van der Waals surface area contributed by atoms with E-state index >= 15 is 0 Å². The van der Waals surface area contributed by atoms with E-state index in [-0.39, 0.29) is 23.2 Å². The Balaban J connectivity index is 1.95. The molecule has 2 aromatic carbocycles. The summed E-state index contributed by atoms with van der Waals surface area (Å²) in [4.78, 5) is 12.1. The van der Waals surface area contributed by atoms with Gasteiger partial charge in [-0.1, -0.05) is 57.2 Å². The van der Waals surface area contributed by atoms with Crippen molar-refractivity contribution in [2.75, 3.05) is 11.9 Å². The minimum absolute atomic E-state index is 0.0947. The summed E-state index contributed by atoms with van der Waals surface area (Å²) < 4.78 is 45.9. The first-order chi connectivity index (χ1) is 14.8. The van der Waals surface area contributed by atoms with Crippen molar-refractivity contribution >= 4 is 28.9 Å². The summed E-state index contributed by atoms with van der Waals surface area (Å²) in [5.74, 6) is -0.668. The average molecular weight is 453 g/mol. The van der Waals surface area contributed by atoms with E-state index in [0.29, 0.717) is 12.0 Å². The molecule has 0 spiro atoms. The molecule has 4 nitrogen and oxygen atoms in total. The maximum atomic E-state index is 13.5. The van der Waals surface area contributed by atoms with E-state index in [9.17, 15) is 18.0 Å². The number of rotatable bonds is 10. The lowest BCUT2D eigenvalue weighted by Gasteiger charge is -2.16. The van der Waals surface area contributed by atoms with E-state index in [1.54, 1.807) is 30.3 Å². The summed E-state index contributed by atoms with van der Waals surface area (Å²) in [5, 5.41) is 4.98. The van der Waals surface area contributed by atoms with Crippen molar-refractivity contribution in [3.63, 3.8) is 0 Å². The van der Waals surface area contributed by atoms with Gasteiger partial charge in [0.05, 0.1) is 12.2 Å². The fraction of sp³-hybridized carbons (Fsp3) is 0.391. The van der Waals surface area contributed by atoms with Crippen LogP contribution in [0.15, 0.2) is 48.5 Å². The molecule has 168 valence electrons. The predicted octanol–water partition coefficient (Wildman–Crippen LogP) is 6.57. The van der Waals surface area contributed by atoms with Crippen LogP contribution in [0, 0.1) is 0 Å². The summed E-state index contributed by atoms with van der Waals surface area (Å²) in [6.45, 7) is 2.36. The fourth-order valence-corrected chi connectivity index (χ4v) is 3.16. The molecule has 0 radical (unpaired) electrons. The quantitative estimate of drug-likeness (QED) is 0.316. The molecule has 1 amide bonds. The molecule has 0 saturated carbocycles. The van der Waals surface area contributed by atoms with E-state index in [2.05, 4.69) is 17.6 Å². The molecule has 2 N–H and O–H groups in total. The Labute approximate surface area is 186 Å². The molecular formula is C23H27F3N2O2S. The van der Waals surface area contributed by atoms with Gasteiger partial charge in [-0.2, -0.15) is 13.2 Å². The van der Waals surface area contributed by atoms with Crippen LogP contribution in [-0.2, 0) is 6.18 Å². The van der Waals surface area contributed by atoms with Gasteiger partial charge < -0.3 is 10.1 Å². The summed E-state index contributed by atoms with van der Waals surface area (Å²) in [7, 11) is 0. The third-order valence-corrected chi connectivity index (χ3v) is 4.77. The van der Waals surface area contributed by atoms with Crippen LogP contribution < -0.4 is 15.4 Å². The Bertz CT molecular complexity index is 858. The molecule has 2 aromatic rings. The first-order valence-corrected chi connectivity index (χ1v) is 10.7. The second-order valence-corrected chi connectivity index (χ2v) is 7.51. The zero-order valence-corrected chi connectivity index (χ0v) is 18.2. The van der Waals surface area contributed by atoms with Crippen LogP contribution in [0.3, 0.4) is 0 Å². The highest BCUT2D eigenvalue weighted by molar-refractivity contribution is 7.80. The molecule has 0 saturated heterocycles. The number of carbonyl (C=O) groups excluding carboxylic acids is 1. The topological polar surface area (TPSA) is 50.4 Å². The van der Waals surface area contributed by atoms with E-state index < -0.39 is 17.6 Å². The molecule has 0 fully saturated rings. The molecule has 0 aliphatic heterocycles. The molecule has 0 bridgehead atoms. The van der Waals surface area contributed by atoms with Crippen LogP contribution in [-0.4, -0.2) is 17.6 Å². The van der Waals surface area contributed by atoms with E-state index in [4.69, 9.17) is 17.0 Å². The smallest absolute Gasteiger partial charge is 0.420 e. The number of anilines is 1. The first kappa shape index (κ1) is 24.7. The Hall–Kier alpha value is -2.61. The van der Waals surface area contributed by atoms with E-state index in [1.165, 1.54) is 18.6 Å². The molecular weight excluding hydrogens is 425 g/mol. The van der Waals surface area contributed by atoms with Gasteiger partial charge in [0.1, 0.15) is 5.75 Å². The van der Waals surface area contributed by atoms with Crippen molar-refractivity contribution in [3.05, 3.63) is 59.7 Å². The van der Waals surface area contributed by atoms with Gasteiger partial charge in [0.15, 0.2) is 5.11 Å². The Morgan fingerprint density at radius 1 is 1.00 bits per heavy atom. The lowest BCUT2D eigenvalue weighted by atomic mass is 10.1. The first-order valence-electron chi connectivity index (χ1n) is 10.3. The molecule has 0 unspecified atom stereocenters. The number of carbonyl (C=O) groups is 1. The molecule has 2 rings (SSSR count). The number of alkyl halides is 3. The van der Waals surface area contributed by atoms with Gasteiger partial charge in [-0.3, -0.25) is 10.1 Å². The Morgan fingerprint density at radius 2 is 1.68 bits per heavy atom. The minimum atomic E-state index is -4.58. The summed E-state index contributed by atoms with van der Waals surface area (Å²) >= 11 is 5.06. The third-order valence-electron chi connectivity index (χ3n) is 4.56. The Morgan fingerprint density at radius 3 is 2.35 bits per heavy atom. The molecule has 8 heteroatoms. The molecule has 0 aliphatic rings. The highest BCUT2D eigenvalue weighted by atomic mass is 32.1. The monoisotopic (exact) mass is 452 g/mol. The highest BCUT2D eigenvalue weighted by Gasteiger charge is 2.34. The third kappa shape index (κ3) is 8.57. The van der Waals surface area contributed by atoms with Crippen LogP contribution in [0.4, 0.5) is 18.9 Å². The summed E-state index contributed by atoms with van der Waals surface area (Å²) in [6.07, 6.45) is 1.55. The van der Waals surface area contributed by atoms with Crippen molar-refractivity contribution in [2.24, 2.45) is 0 Å². The van der Waals surface area contributed by atoms with E-state index in [0.717, 1.165) is 31.7 Å². The van der Waals surface area contributed by atoms with Gasteiger partial charge in [0.25, 0.3) is 5.91 Å². The van der Waals surface area contributed by atoms with Gasteiger partial charge in [-0.25, -0.2) is 0 Å². The van der Waals surface area contributed by atoms with Crippen LogP contribution in [0.5, 0.6) is 5.75 Å². The lowest BCUT2D eigenvalue weighted by Crippen LogP contribution is -2.34. The number of nitrogens with one attached hydrogen (secondary N) is 2. The molecule has 0 aromatic heterocycles. The van der Waals surface area contributed by atoms with Crippen molar-refractivity contribution in [2.45, 2.75) is 51.6 Å². The van der Waals surface area contributed by atoms with E-state index in [1.807, 2.05) is 0 Å². The maximum Gasteiger partial charge on any atom is 0.420 e. The number of unbranched alkanes of at least 4 members (excludes halogenated alkanes) is 5. The van der Waals surface area contributed by atoms with Gasteiger partial charge in [0, 0.05) is 11.3 Å². The number of ether oxygens (including phenoxy) is 1. The summed E-state index contributed by atoms with van der Waals surface area (Å²) in [5.41, 5.74) is -0.389. The van der Waals surface area contributed by atoms with Crippen LogP contribution in [0.25, 0.3) is 0 Å². The molecule has 31 heavy (non-hydrogen) atoms. The second kappa shape index (κ2) is 12.3. The lowest BCUT2D eigenvalue weighted by molar-refractivity contribution is -0.138. The fourth-order valence-electron chi connectivity index (χ4n) is 2.95. The zero-order chi connectivity index (χ0) is 22.7. The van der Waals surface area contributed by atoms with Gasteiger partial charge in [-0.05, 0) is 49.0 Å². The number of amides is 1. The highest BCUT2D eigenvalue weighted by Crippen LogP contribution is 2.38. The SMILES string of the molecule is CCCCCCCCOc1ccc(NC(=S)NC(=O)c2ccccc2)cc1C(F)(F)F. The van der Waals surface area contributed by atoms with Crippen LogP contribution in [0.1, 0.15) is 61.4 Å². The largest absolute Gasteiger partial charge is 0.493 e. The van der Waals surface area contributed by atoms with Crippen molar-refractivity contribution in [1.82, 2.24) is 5.32 Å².